The fraction of sp³-hybridized carbons (Fsp3) is 0.111. The lowest BCUT2D eigenvalue weighted by Crippen LogP contribution is -1.88. The summed E-state index contributed by atoms with van der Waals surface area (Å²) in [6.45, 7) is 0. The maximum Gasteiger partial charge on any atom is -0.00154 e. The summed E-state index contributed by atoms with van der Waals surface area (Å²) in [4.78, 5) is 0. The van der Waals surface area contributed by atoms with Crippen molar-refractivity contribution in [2.75, 3.05) is 0 Å². The molecule has 0 saturated carbocycles. The summed E-state index contributed by atoms with van der Waals surface area (Å²) in [6, 6.07) is 17.7. The molecule has 2 heterocycles. The van der Waals surface area contributed by atoms with Gasteiger partial charge >= 0.3 is 0 Å². The van der Waals surface area contributed by atoms with Crippen LogP contribution in [-0.2, 0) is 12.8 Å². The molecule has 4 rings (SSSR count). The van der Waals surface area contributed by atoms with E-state index in [4.69, 9.17) is 0 Å². The van der Waals surface area contributed by atoms with E-state index in [1.807, 2.05) is 0 Å². The van der Waals surface area contributed by atoms with E-state index in [-0.39, 0.29) is 0 Å². The first-order chi connectivity index (χ1) is 9.92. The van der Waals surface area contributed by atoms with Crippen molar-refractivity contribution in [2.24, 2.45) is 0 Å². The topological polar surface area (TPSA) is 0 Å². The lowest BCUT2D eigenvalue weighted by Gasteiger charge is -2.01. The summed E-state index contributed by atoms with van der Waals surface area (Å²) in [6.07, 6.45) is 2.35. The predicted molar refractivity (Wildman–Crippen MR) is 94.3 cm³/mol. The minimum absolute atomic E-state index is 0.864. The van der Waals surface area contributed by atoms with Crippen LogP contribution in [0.5, 0.6) is 0 Å². The number of fused-ring (bicyclic) bond motifs is 2. The van der Waals surface area contributed by atoms with E-state index in [1.54, 1.807) is 11.1 Å². The van der Waals surface area contributed by atoms with Gasteiger partial charge in [-0.1, -0.05) is 48.5 Å². The third-order valence-electron chi connectivity index (χ3n) is 4.01. The van der Waals surface area contributed by atoms with Crippen LogP contribution in [0.15, 0.2) is 60.1 Å². The van der Waals surface area contributed by atoms with Crippen molar-refractivity contribution in [3.05, 3.63) is 71.3 Å². The molecule has 20 heavy (non-hydrogen) atoms. The monoisotopic (exact) mass is 294 g/mol. The van der Waals surface area contributed by atoms with Gasteiger partial charge in [-0.2, -0.15) is 0 Å². The molecule has 4 aromatic rings. The van der Waals surface area contributed by atoms with E-state index in [9.17, 15) is 0 Å². The van der Waals surface area contributed by atoms with Crippen LogP contribution in [-0.4, -0.2) is 0 Å². The zero-order valence-corrected chi connectivity index (χ0v) is 13.2. The molecular formula is C18H16P2. The van der Waals surface area contributed by atoms with Crippen molar-refractivity contribution in [1.82, 2.24) is 0 Å². The first kappa shape index (κ1) is 12.3. The molecule has 0 aliphatic carbocycles. The lowest BCUT2D eigenvalue weighted by atomic mass is 10.0. The fourth-order valence-electron chi connectivity index (χ4n) is 2.95. The average molecular weight is 294 g/mol. The minimum atomic E-state index is 0.864. The zero-order chi connectivity index (χ0) is 13.4. The second-order valence-electron chi connectivity index (χ2n) is 5.22. The molecule has 2 aromatic carbocycles. The Labute approximate surface area is 122 Å². The van der Waals surface area contributed by atoms with E-state index < -0.39 is 0 Å². The second-order valence-corrected chi connectivity index (χ2v) is 7.45. The summed E-state index contributed by atoms with van der Waals surface area (Å²) in [5.74, 6) is 4.88. The van der Waals surface area contributed by atoms with Crippen LogP contribution in [0.25, 0.3) is 21.0 Å². The molecule has 0 N–H and O–H groups in total. The van der Waals surface area contributed by atoms with Gasteiger partial charge in [-0.3, -0.25) is 0 Å². The molecule has 0 nitrogen and oxygen atoms in total. The van der Waals surface area contributed by atoms with Gasteiger partial charge < -0.3 is 0 Å². The molecule has 2 heteroatoms. The third-order valence-corrected chi connectivity index (χ3v) is 6.49. The lowest BCUT2D eigenvalue weighted by molar-refractivity contribution is 0.987. The standard InChI is InChI=1S/C18H16P2/c1-3-7-17-15(5-1)13(11-19-17)9-10-14-12-20-18-8-4-2-6-16(14)18/h1-8,11-12,19-20H,9-10H2. The van der Waals surface area contributed by atoms with Gasteiger partial charge in [0.15, 0.2) is 0 Å². The number of hydrogen-bond acceptors (Lipinski definition) is 0. The summed E-state index contributed by atoms with van der Waals surface area (Å²) in [7, 11) is 1.73. The van der Waals surface area contributed by atoms with Gasteiger partial charge in [0.05, 0.1) is 0 Å². The molecule has 0 aliphatic rings. The largest absolute Gasteiger partial charge is 0.131 e. The summed E-state index contributed by atoms with van der Waals surface area (Å²) in [5.41, 5.74) is 3.10. The third kappa shape index (κ3) is 2.10. The smallest absolute Gasteiger partial charge is 0.00154 e. The Hall–Kier alpha value is -1.48. The van der Waals surface area contributed by atoms with Gasteiger partial charge in [-0.25, -0.2) is 0 Å². The van der Waals surface area contributed by atoms with Crippen LogP contribution >= 0.6 is 16.4 Å². The van der Waals surface area contributed by atoms with E-state index in [1.165, 1.54) is 33.9 Å². The van der Waals surface area contributed by atoms with E-state index in [0.29, 0.717) is 0 Å². The van der Waals surface area contributed by atoms with Crippen LogP contribution in [0.1, 0.15) is 11.1 Å². The van der Waals surface area contributed by atoms with Crippen molar-refractivity contribution in [2.45, 2.75) is 12.8 Å². The molecule has 2 atom stereocenters. The Morgan fingerprint density at radius 1 is 0.600 bits per heavy atom. The van der Waals surface area contributed by atoms with Crippen LogP contribution in [0.3, 0.4) is 0 Å². The van der Waals surface area contributed by atoms with Crippen LogP contribution in [0.2, 0.25) is 0 Å². The Morgan fingerprint density at radius 2 is 1.05 bits per heavy atom. The maximum absolute atomic E-state index is 2.44. The van der Waals surface area contributed by atoms with E-state index in [0.717, 1.165) is 16.4 Å². The molecule has 0 aliphatic heterocycles. The SMILES string of the molecule is c1ccc2c(CCc3c[pH]c4ccccc34)c[pH]c2c1. The summed E-state index contributed by atoms with van der Waals surface area (Å²) < 4.78 is 0. The Balaban J connectivity index is 1.64. The highest BCUT2D eigenvalue weighted by Gasteiger charge is 2.06. The molecule has 0 fully saturated rings. The summed E-state index contributed by atoms with van der Waals surface area (Å²) >= 11 is 0. The fourth-order valence-corrected chi connectivity index (χ4v) is 5.39. The van der Waals surface area contributed by atoms with Crippen molar-refractivity contribution >= 4 is 37.4 Å². The van der Waals surface area contributed by atoms with Crippen molar-refractivity contribution in [3.63, 3.8) is 0 Å². The van der Waals surface area contributed by atoms with Crippen LogP contribution in [0, 0.1) is 0 Å². The zero-order valence-electron chi connectivity index (χ0n) is 11.2. The highest BCUT2D eigenvalue weighted by molar-refractivity contribution is 7.36. The molecule has 2 aromatic heterocycles. The number of hydrogen-bond donors (Lipinski definition) is 0. The average Bonchev–Trinajstić information content (AvgIpc) is 3.09. The van der Waals surface area contributed by atoms with Gasteiger partial charge in [-0.15, -0.1) is 16.4 Å². The molecule has 0 bridgehead atoms. The molecular weight excluding hydrogens is 278 g/mol. The van der Waals surface area contributed by atoms with Crippen LogP contribution in [0.4, 0.5) is 0 Å². The van der Waals surface area contributed by atoms with Crippen molar-refractivity contribution in [1.29, 1.82) is 0 Å². The van der Waals surface area contributed by atoms with Crippen molar-refractivity contribution in [3.8, 4) is 0 Å². The Bertz CT molecular complexity index is 793. The second kappa shape index (κ2) is 5.13. The highest BCUT2D eigenvalue weighted by Crippen LogP contribution is 2.33. The number of benzene rings is 2. The first-order valence-corrected chi connectivity index (χ1v) is 9.17. The quantitative estimate of drug-likeness (QED) is 0.445. The molecule has 0 spiro atoms. The highest BCUT2D eigenvalue weighted by atomic mass is 31.0. The maximum atomic E-state index is 2.44. The van der Waals surface area contributed by atoms with Gasteiger partial charge in [0.25, 0.3) is 0 Å². The van der Waals surface area contributed by atoms with Crippen LogP contribution < -0.4 is 0 Å². The molecule has 2 unspecified atom stereocenters. The van der Waals surface area contributed by atoms with E-state index in [2.05, 4.69) is 60.1 Å². The number of rotatable bonds is 3. The van der Waals surface area contributed by atoms with Gasteiger partial charge in [0.1, 0.15) is 0 Å². The van der Waals surface area contributed by atoms with E-state index >= 15 is 0 Å². The number of aryl methyl sites for hydroxylation is 2. The molecule has 98 valence electrons. The Kier molecular flexibility index (Phi) is 3.15. The van der Waals surface area contributed by atoms with Gasteiger partial charge in [0.2, 0.25) is 0 Å². The Morgan fingerprint density at radius 3 is 1.55 bits per heavy atom. The van der Waals surface area contributed by atoms with Gasteiger partial charge in [0, 0.05) is 0 Å². The molecule has 0 radical (unpaired) electrons. The summed E-state index contributed by atoms with van der Waals surface area (Å²) in [5, 5.41) is 6.01. The first-order valence-electron chi connectivity index (χ1n) is 7.02. The molecule has 0 saturated heterocycles. The predicted octanol–water partition coefficient (Wildman–Crippen LogP) is 5.84. The van der Waals surface area contributed by atoms with Crippen molar-refractivity contribution < 1.29 is 0 Å². The normalized spacial score (nSPS) is 12.2. The molecule has 0 amide bonds. The minimum Gasteiger partial charge on any atom is -0.131 e. The van der Waals surface area contributed by atoms with Gasteiger partial charge in [-0.05, 0) is 56.6 Å².